The first-order valence-electron chi connectivity index (χ1n) is 10.8. The van der Waals surface area contributed by atoms with Crippen LogP contribution in [0.5, 0.6) is 11.5 Å². The molecule has 0 saturated heterocycles. The highest BCUT2D eigenvalue weighted by atomic mass is 19.1. The van der Waals surface area contributed by atoms with Gasteiger partial charge in [-0.3, -0.25) is 0 Å². The molecule has 3 aromatic carbocycles. The van der Waals surface area contributed by atoms with Gasteiger partial charge in [-0.2, -0.15) is 0 Å². The largest absolute Gasteiger partial charge is 0.508 e. The summed E-state index contributed by atoms with van der Waals surface area (Å²) in [6.45, 7) is 2.44. The van der Waals surface area contributed by atoms with E-state index in [9.17, 15) is 24.8 Å². The van der Waals surface area contributed by atoms with Gasteiger partial charge in [0.15, 0.2) is 0 Å². The molecule has 0 aromatic heterocycles. The van der Waals surface area contributed by atoms with Gasteiger partial charge in [0, 0.05) is 12.1 Å². The maximum atomic E-state index is 13.4. The van der Waals surface area contributed by atoms with E-state index in [4.69, 9.17) is 4.74 Å². The summed E-state index contributed by atoms with van der Waals surface area (Å²) in [5, 5.41) is 42.6. The number of rotatable bonds is 11. The number of aliphatic hydroxyl groups excluding tert-OH is 3. The van der Waals surface area contributed by atoms with Crippen LogP contribution in [0.3, 0.4) is 0 Å². The predicted octanol–water partition coefficient (Wildman–Crippen LogP) is 3.31. The lowest BCUT2D eigenvalue weighted by Crippen LogP contribution is -2.23. The summed E-state index contributed by atoms with van der Waals surface area (Å²) in [7, 11) is 0. The molecular weight excluding hydrogens is 425 g/mol. The fourth-order valence-electron chi connectivity index (χ4n) is 3.43. The summed E-state index contributed by atoms with van der Waals surface area (Å²) in [5.74, 6) is 0.337. The Balaban J connectivity index is 1.41. The molecule has 0 aliphatic rings. The van der Waals surface area contributed by atoms with Crippen molar-refractivity contribution in [3.05, 3.63) is 94.3 Å². The molecular formula is C26H30FNO5. The lowest BCUT2D eigenvalue weighted by molar-refractivity contribution is 0.108. The van der Waals surface area contributed by atoms with Crippen molar-refractivity contribution in [3.63, 3.8) is 0 Å². The van der Waals surface area contributed by atoms with Gasteiger partial charge in [0.25, 0.3) is 0 Å². The molecule has 0 fully saturated rings. The summed E-state index contributed by atoms with van der Waals surface area (Å²) >= 11 is 0. The highest BCUT2D eigenvalue weighted by molar-refractivity contribution is 5.36. The van der Waals surface area contributed by atoms with Gasteiger partial charge in [-0.15, -0.1) is 0 Å². The van der Waals surface area contributed by atoms with Crippen LogP contribution in [0.15, 0.2) is 60.7 Å². The second-order valence-electron chi connectivity index (χ2n) is 8.00. The van der Waals surface area contributed by atoms with Crippen LogP contribution in [-0.2, 0) is 13.0 Å². The number of nitrogens with one attached hydrogen (secondary N) is 1. The van der Waals surface area contributed by atoms with E-state index in [-0.39, 0.29) is 24.8 Å². The number of aromatic hydroxyl groups is 1. The first-order chi connectivity index (χ1) is 15.9. The SMILES string of the molecule is Cc1cc(C(O)COc2ccc(CCNCC(O)c3ccc(O)c(CO)c3)cc2)ccc1F. The zero-order valence-electron chi connectivity index (χ0n) is 18.5. The minimum atomic E-state index is -0.846. The summed E-state index contributed by atoms with van der Waals surface area (Å²) < 4.78 is 19.0. The van der Waals surface area contributed by atoms with Crippen molar-refractivity contribution in [3.8, 4) is 11.5 Å². The molecule has 3 rings (SSSR count). The number of benzene rings is 3. The number of halogens is 1. The highest BCUT2D eigenvalue weighted by Gasteiger charge is 2.11. The lowest BCUT2D eigenvalue weighted by Gasteiger charge is -2.15. The third-order valence-corrected chi connectivity index (χ3v) is 5.48. The molecule has 0 aliphatic heterocycles. The zero-order valence-corrected chi connectivity index (χ0v) is 18.5. The van der Waals surface area contributed by atoms with Crippen LogP contribution in [0.2, 0.25) is 0 Å². The number of ether oxygens (including phenoxy) is 1. The van der Waals surface area contributed by atoms with E-state index in [1.54, 1.807) is 31.2 Å². The van der Waals surface area contributed by atoms with Crippen molar-refractivity contribution in [2.75, 3.05) is 19.7 Å². The first-order valence-corrected chi connectivity index (χ1v) is 10.8. The molecule has 2 atom stereocenters. The second-order valence-corrected chi connectivity index (χ2v) is 8.00. The number of aryl methyl sites for hydroxylation is 1. The normalized spacial score (nSPS) is 13.0. The molecule has 2 unspecified atom stereocenters. The van der Waals surface area contributed by atoms with E-state index in [2.05, 4.69) is 5.32 Å². The van der Waals surface area contributed by atoms with Crippen molar-refractivity contribution in [1.29, 1.82) is 0 Å². The van der Waals surface area contributed by atoms with Gasteiger partial charge in [0.2, 0.25) is 0 Å². The number of hydrogen-bond acceptors (Lipinski definition) is 6. The smallest absolute Gasteiger partial charge is 0.126 e. The van der Waals surface area contributed by atoms with Crippen LogP contribution in [0, 0.1) is 12.7 Å². The Morgan fingerprint density at radius 1 is 0.939 bits per heavy atom. The van der Waals surface area contributed by atoms with E-state index in [0.29, 0.717) is 41.1 Å². The van der Waals surface area contributed by atoms with Crippen LogP contribution in [0.4, 0.5) is 4.39 Å². The standard InChI is InChI=1S/C26H30FNO5/c1-17-12-19(4-8-23(17)27)26(32)16-33-22-6-2-18(3-7-22)10-11-28-14-25(31)20-5-9-24(30)21(13-20)15-29/h2-9,12-13,25-26,28-32H,10-11,14-16H2,1H3. The number of hydrogen-bond donors (Lipinski definition) is 5. The van der Waals surface area contributed by atoms with Gasteiger partial charge in [-0.1, -0.05) is 30.3 Å². The van der Waals surface area contributed by atoms with Crippen LogP contribution in [-0.4, -0.2) is 40.1 Å². The van der Waals surface area contributed by atoms with Crippen LogP contribution >= 0.6 is 0 Å². The second kappa shape index (κ2) is 11.8. The number of phenols is 1. The van der Waals surface area contributed by atoms with Gasteiger partial charge in [0.05, 0.1) is 12.7 Å². The highest BCUT2D eigenvalue weighted by Crippen LogP contribution is 2.22. The molecule has 5 N–H and O–H groups in total. The van der Waals surface area contributed by atoms with Gasteiger partial charge in [0.1, 0.15) is 30.0 Å². The maximum absolute atomic E-state index is 13.4. The van der Waals surface area contributed by atoms with Gasteiger partial charge < -0.3 is 30.5 Å². The van der Waals surface area contributed by atoms with Crippen molar-refractivity contribution >= 4 is 0 Å². The minimum Gasteiger partial charge on any atom is -0.508 e. The van der Waals surface area contributed by atoms with Crippen molar-refractivity contribution < 1.29 is 29.6 Å². The molecule has 33 heavy (non-hydrogen) atoms. The molecule has 0 spiro atoms. The Morgan fingerprint density at radius 2 is 1.64 bits per heavy atom. The summed E-state index contributed by atoms with van der Waals surface area (Å²) in [6, 6.07) is 16.7. The Labute approximate surface area is 192 Å². The monoisotopic (exact) mass is 455 g/mol. The maximum Gasteiger partial charge on any atom is 0.126 e. The Bertz CT molecular complexity index is 1040. The molecule has 6 nitrogen and oxygen atoms in total. The topological polar surface area (TPSA) is 102 Å². The average Bonchev–Trinajstić information content (AvgIpc) is 2.83. The van der Waals surface area contributed by atoms with E-state index in [0.717, 1.165) is 12.0 Å². The van der Waals surface area contributed by atoms with Gasteiger partial charge in [-0.05, 0) is 72.5 Å². The van der Waals surface area contributed by atoms with Crippen LogP contribution in [0.1, 0.15) is 40.0 Å². The van der Waals surface area contributed by atoms with Crippen molar-refractivity contribution in [2.24, 2.45) is 0 Å². The number of aliphatic hydroxyl groups is 3. The molecule has 0 bridgehead atoms. The van der Waals surface area contributed by atoms with E-state index in [1.807, 2.05) is 24.3 Å². The summed E-state index contributed by atoms with van der Waals surface area (Å²) in [5.41, 5.74) is 3.19. The Hall–Kier alpha value is -2.97. The molecule has 0 saturated carbocycles. The van der Waals surface area contributed by atoms with Crippen molar-refractivity contribution in [2.45, 2.75) is 32.2 Å². The van der Waals surface area contributed by atoms with Gasteiger partial charge in [-0.25, -0.2) is 4.39 Å². The quantitative estimate of drug-likeness (QED) is 0.284. The zero-order chi connectivity index (χ0) is 23.8. The predicted molar refractivity (Wildman–Crippen MR) is 124 cm³/mol. The van der Waals surface area contributed by atoms with Crippen molar-refractivity contribution in [1.82, 2.24) is 5.32 Å². The van der Waals surface area contributed by atoms with Gasteiger partial charge >= 0.3 is 0 Å². The minimum absolute atomic E-state index is 0.00824. The average molecular weight is 456 g/mol. The molecule has 0 radical (unpaired) electrons. The van der Waals surface area contributed by atoms with Crippen LogP contribution in [0.25, 0.3) is 0 Å². The Kier molecular flexibility index (Phi) is 8.79. The molecule has 0 amide bonds. The third kappa shape index (κ3) is 7.00. The molecule has 176 valence electrons. The van der Waals surface area contributed by atoms with Crippen LogP contribution < -0.4 is 10.1 Å². The third-order valence-electron chi connectivity index (χ3n) is 5.48. The lowest BCUT2D eigenvalue weighted by atomic mass is 10.1. The summed E-state index contributed by atoms with van der Waals surface area (Å²) in [4.78, 5) is 0. The summed E-state index contributed by atoms with van der Waals surface area (Å²) in [6.07, 6.45) is -0.841. The molecule has 0 aliphatic carbocycles. The fourth-order valence-corrected chi connectivity index (χ4v) is 3.43. The van der Waals surface area contributed by atoms with E-state index < -0.39 is 12.2 Å². The fraction of sp³-hybridized carbons (Fsp3) is 0.308. The molecule has 7 heteroatoms. The molecule has 3 aromatic rings. The molecule has 0 heterocycles. The van der Waals surface area contributed by atoms with E-state index in [1.165, 1.54) is 12.1 Å². The van der Waals surface area contributed by atoms with E-state index >= 15 is 0 Å². The Morgan fingerprint density at radius 3 is 2.33 bits per heavy atom. The first kappa shape index (κ1) is 24.7.